The molecule has 0 spiro atoms. The van der Waals surface area contributed by atoms with Crippen molar-refractivity contribution >= 4 is 11.5 Å². The number of halogens is 1. The Bertz CT molecular complexity index is 668. The number of anilines is 1. The monoisotopic (exact) mass is 256 g/mol. The van der Waals surface area contributed by atoms with Crippen LogP contribution in [0, 0.1) is 5.82 Å². The van der Waals surface area contributed by atoms with Crippen LogP contribution >= 0.6 is 0 Å². The van der Waals surface area contributed by atoms with E-state index in [1.807, 2.05) is 24.3 Å². The van der Waals surface area contributed by atoms with Crippen molar-refractivity contribution in [2.45, 2.75) is 5.79 Å². The van der Waals surface area contributed by atoms with Crippen LogP contribution in [0.15, 0.2) is 53.5 Å². The van der Waals surface area contributed by atoms with Gasteiger partial charge in [-0.15, -0.1) is 0 Å². The molecule has 0 aliphatic carbocycles. The second-order valence-electron chi connectivity index (χ2n) is 4.44. The van der Waals surface area contributed by atoms with Gasteiger partial charge in [-0.05, 0) is 24.3 Å². The summed E-state index contributed by atoms with van der Waals surface area (Å²) in [6.45, 7) is 0. The first kappa shape index (κ1) is 11.7. The fourth-order valence-corrected chi connectivity index (χ4v) is 2.16. The summed E-state index contributed by atoms with van der Waals surface area (Å²) in [5.74, 6) is -1.28. The predicted molar refractivity (Wildman–Crippen MR) is 73.1 cm³/mol. The fourth-order valence-electron chi connectivity index (χ4n) is 2.16. The summed E-state index contributed by atoms with van der Waals surface area (Å²) in [6.07, 6.45) is 0. The number of benzene rings is 2. The second kappa shape index (κ2) is 4.07. The van der Waals surface area contributed by atoms with Gasteiger partial charge in [-0.3, -0.25) is 5.73 Å². The topological polar surface area (TPSA) is 76.4 Å². The van der Waals surface area contributed by atoms with Gasteiger partial charge in [0.1, 0.15) is 11.7 Å². The summed E-state index contributed by atoms with van der Waals surface area (Å²) in [4.78, 5) is 4.26. The lowest BCUT2D eigenvalue weighted by Gasteiger charge is -2.33. The standard InChI is InChI=1S/C14H13FN4/c15-10-5-3-4-9(8-10)14(17)18-12-7-2-1-6-11(12)13(16)19-14/h1-8,18H,17H2,(H2,16,19). The van der Waals surface area contributed by atoms with Crippen LogP contribution in [0.1, 0.15) is 11.1 Å². The van der Waals surface area contributed by atoms with Gasteiger partial charge in [-0.2, -0.15) is 0 Å². The van der Waals surface area contributed by atoms with Crippen molar-refractivity contribution in [1.82, 2.24) is 0 Å². The Morgan fingerprint density at radius 2 is 1.89 bits per heavy atom. The minimum Gasteiger partial charge on any atom is -0.383 e. The fraction of sp³-hybridized carbons (Fsp3) is 0.0714. The average molecular weight is 256 g/mol. The average Bonchev–Trinajstić information content (AvgIpc) is 2.38. The number of amidine groups is 1. The molecule has 4 nitrogen and oxygen atoms in total. The molecule has 1 aliphatic rings. The molecule has 96 valence electrons. The number of nitrogens with one attached hydrogen (secondary N) is 1. The number of hydrogen-bond donors (Lipinski definition) is 3. The lowest BCUT2D eigenvalue weighted by Crippen LogP contribution is -2.47. The highest BCUT2D eigenvalue weighted by Crippen LogP contribution is 2.30. The van der Waals surface area contributed by atoms with Crippen molar-refractivity contribution in [3.63, 3.8) is 0 Å². The Labute approximate surface area is 110 Å². The largest absolute Gasteiger partial charge is 0.383 e. The first-order valence-corrected chi connectivity index (χ1v) is 5.86. The maximum Gasteiger partial charge on any atom is 0.211 e. The molecule has 0 fully saturated rings. The first-order valence-electron chi connectivity index (χ1n) is 5.86. The normalized spacial score (nSPS) is 21.3. The summed E-state index contributed by atoms with van der Waals surface area (Å²) in [7, 11) is 0. The molecule has 2 aromatic rings. The summed E-state index contributed by atoms with van der Waals surface area (Å²) in [5, 5.41) is 3.09. The molecular formula is C14H13FN4. The highest BCUT2D eigenvalue weighted by molar-refractivity contribution is 6.04. The van der Waals surface area contributed by atoms with Crippen LogP contribution in [-0.4, -0.2) is 5.84 Å². The third-order valence-corrected chi connectivity index (χ3v) is 3.09. The zero-order valence-corrected chi connectivity index (χ0v) is 10.1. The van der Waals surface area contributed by atoms with Crippen LogP contribution in [0.2, 0.25) is 0 Å². The van der Waals surface area contributed by atoms with Crippen LogP contribution in [0.4, 0.5) is 10.1 Å². The molecule has 2 aromatic carbocycles. The molecular weight excluding hydrogens is 243 g/mol. The van der Waals surface area contributed by atoms with Crippen molar-refractivity contribution in [3.05, 3.63) is 65.5 Å². The Morgan fingerprint density at radius 1 is 1.11 bits per heavy atom. The van der Waals surface area contributed by atoms with E-state index in [9.17, 15) is 4.39 Å². The molecule has 5 heteroatoms. The molecule has 5 N–H and O–H groups in total. The Morgan fingerprint density at radius 3 is 2.68 bits per heavy atom. The van der Waals surface area contributed by atoms with Gasteiger partial charge < -0.3 is 11.1 Å². The Balaban J connectivity index is 2.11. The molecule has 1 aliphatic heterocycles. The summed E-state index contributed by atoms with van der Waals surface area (Å²) in [6, 6.07) is 13.5. The number of hydrogen-bond acceptors (Lipinski definition) is 4. The zero-order chi connectivity index (χ0) is 13.5. The lowest BCUT2D eigenvalue weighted by atomic mass is 10.0. The number of rotatable bonds is 1. The zero-order valence-electron chi connectivity index (χ0n) is 10.1. The molecule has 1 atom stereocenters. The molecule has 0 radical (unpaired) electrons. The molecule has 19 heavy (non-hydrogen) atoms. The molecule has 0 bridgehead atoms. The number of aliphatic imine (C=N–C) groups is 1. The van der Waals surface area contributed by atoms with Gasteiger partial charge in [0.2, 0.25) is 5.79 Å². The minimum atomic E-state index is -1.25. The van der Waals surface area contributed by atoms with E-state index in [-0.39, 0.29) is 5.82 Å². The van der Waals surface area contributed by atoms with Crippen molar-refractivity contribution in [3.8, 4) is 0 Å². The number of nitrogens with two attached hydrogens (primary N) is 2. The quantitative estimate of drug-likeness (QED) is 0.727. The van der Waals surface area contributed by atoms with Gasteiger partial charge in [0.25, 0.3) is 0 Å². The molecule has 1 heterocycles. The first-order chi connectivity index (χ1) is 9.08. The van der Waals surface area contributed by atoms with E-state index in [0.29, 0.717) is 11.4 Å². The Hall–Kier alpha value is -2.40. The predicted octanol–water partition coefficient (Wildman–Crippen LogP) is 1.73. The number of para-hydroxylation sites is 1. The van der Waals surface area contributed by atoms with Crippen LogP contribution < -0.4 is 16.8 Å². The van der Waals surface area contributed by atoms with E-state index < -0.39 is 5.79 Å². The summed E-state index contributed by atoms with van der Waals surface area (Å²) in [5.41, 5.74) is 14.2. The molecule has 0 aromatic heterocycles. The van der Waals surface area contributed by atoms with Gasteiger partial charge in [-0.1, -0.05) is 24.3 Å². The van der Waals surface area contributed by atoms with E-state index in [4.69, 9.17) is 11.5 Å². The Kier molecular flexibility index (Phi) is 2.50. The van der Waals surface area contributed by atoms with E-state index in [1.54, 1.807) is 12.1 Å². The van der Waals surface area contributed by atoms with Gasteiger partial charge in [-0.25, -0.2) is 9.38 Å². The maximum atomic E-state index is 13.3. The highest BCUT2D eigenvalue weighted by Gasteiger charge is 2.32. The van der Waals surface area contributed by atoms with Crippen molar-refractivity contribution in [1.29, 1.82) is 0 Å². The molecule has 0 amide bonds. The third-order valence-electron chi connectivity index (χ3n) is 3.09. The van der Waals surface area contributed by atoms with Crippen LogP contribution in [0.5, 0.6) is 0 Å². The summed E-state index contributed by atoms with van der Waals surface area (Å²) < 4.78 is 13.3. The van der Waals surface area contributed by atoms with Crippen LogP contribution in [0.25, 0.3) is 0 Å². The second-order valence-corrected chi connectivity index (χ2v) is 4.44. The van der Waals surface area contributed by atoms with E-state index in [1.165, 1.54) is 12.1 Å². The van der Waals surface area contributed by atoms with Gasteiger partial charge >= 0.3 is 0 Å². The van der Waals surface area contributed by atoms with Crippen molar-refractivity contribution in [2.24, 2.45) is 16.5 Å². The molecule has 1 unspecified atom stereocenters. The summed E-state index contributed by atoms with van der Waals surface area (Å²) >= 11 is 0. The van der Waals surface area contributed by atoms with Gasteiger partial charge in [0.05, 0.1) is 0 Å². The van der Waals surface area contributed by atoms with Crippen molar-refractivity contribution < 1.29 is 4.39 Å². The highest BCUT2D eigenvalue weighted by atomic mass is 19.1. The van der Waals surface area contributed by atoms with E-state index in [2.05, 4.69) is 10.3 Å². The van der Waals surface area contributed by atoms with E-state index in [0.717, 1.165) is 11.3 Å². The lowest BCUT2D eigenvalue weighted by molar-refractivity contribution is 0.529. The smallest absolute Gasteiger partial charge is 0.211 e. The van der Waals surface area contributed by atoms with Crippen molar-refractivity contribution in [2.75, 3.05) is 5.32 Å². The van der Waals surface area contributed by atoms with Crippen LogP contribution in [0.3, 0.4) is 0 Å². The minimum absolute atomic E-state index is 0.334. The van der Waals surface area contributed by atoms with Gasteiger partial charge in [0.15, 0.2) is 0 Å². The SMILES string of the molecule is NC1=NC(N)(c2cccc(F)c2)Nc2ccccc21. The third kappa shape index (κ3) is 1.94. The van der Waals surface area contributed by atoms with Crippen LogP contribution in [-0.2, 0) is 5.79 Å². The van der Waals surface area contributed by atoms with E-state index >= 15 is 0 Å². The number of fused-ring (bicyclic) bond motifs is 1. The molecule has 0 saturated carbocycles. The maximum absolute atomic E-state index is 13.3. The number of nitrogens with zero attached hydrogens (tertiary/aromatic N) is 1. The molecule has 3 rings (SSSR count). The van der Waals surface area contributed by atoms with Gasteiger partial charge in [0, 0.05) is 16.8 Å². The molecule has 0 saturated heterocycles.